The van der Waals surface area contributed by atoms with Gasteiger partial charge in [0.05, 0.1) is 39.9 Å². The molecule has 9 heteroatoms. The summed E-state index contributed by atoms with van der Waals surface area (Å²) in [6.45, 7) is 4.66. The van der Waals surface area contributed by atoms with Crippen molar-refractivity contribution in [2.45, 2.75) is 289 Å². The number of phosphoric ester groups is 1. The van der Waals surface area contributed by atoms with Crippen LogP contribution in [0.4, 0.5) is 0 Å². The molecule has 0 bridgehead atoms. The molecule has 0 rings (SSSR count). The summed E-state index contributed by atoms with van der Waals surface area (Å²) in [5.41, 5.74) is 0. The Morgan fingerprint density at radius 2 is 0.685 bits per heavy atom. The highest BCUT2D eigenvalue weighted by molar-refractivity contribution is 7.47. The van der Waals surface area contributed by atoms with Crippen LogP contribution in [-0.2, 0) is 18.4 Å². The predicted molar refractivity (Wildman–Crippen MR) is 391 cm³/mol. The van der Waals surface area contributed by atoms with Gasteiger partial charge in [0.25, 0.3) is 0 Å². The first-order chi connectivity index (χ1) is 43.5. The third-order valence-electron chi connectivity index (χ3n) is 15.2. The van der Waals surface area contributed by atoms with E-state index in [0.717, 1.165) is 128 Å². The third kappa shape index (κ3) is 71.2. The number of amides is 1. The van der Waals surface area contributed by atoms with Gasteiger partial charge >= 0.3 is 7.82 Å². The Bertz CT molecular complexity index is 2060. The predicted octanol–water partition coefficient (Wildman–Crippen LogP) is 23.5. The van der Waals surface area contributed by atoms with E-state index in [1.807, 2.05) is 27.2 Å². The molecule has 0 aliphatic carbocycles. The number of rotatable bonds is 64. The van der Waals surface area contributed by atoms with E-state index in [2.05, 4.69) is 177 Å². The molecule has 0 heterocycles. The molecule has 0 fully saturated rings. The zero-order valence-corrected chi connectivity index (χ0v) is 58.7. The van der Waals surface area contributed by atoms with E-state index in [1.54, 1.807) is 6.08 Å². The lowest BCUT2D eigenvalue weighted by Crippen LogP contribution is -2.45. The fraction of sp³-hybridized carbons (Fsp3) is 0.637. The molecule has 0 saturated heterocycles. The van der Waals surface area contributed by atoms with Crippen molar-refractivity contribution < 1.29 is 32.9 Å². The number of carbonyl (C=O) groups is 1. The van der Waals surface area contributed by atoms with Crippen molar-refractivity contribution >= 4 is 13.7 Å². The number of carbonyl (C=O) groups excluding carboxylic acids is 1. The lowest BCUT2D eigenvalue weighted by Gasteiger charge is -2.25. The van der Waals surface area contributed by atoms with Crippen LogP contribution < -0.4 is 5.32 Å². The molecular formula is C80H136N2O6P+. The second-order valence-electron chi connectivity index (χ2n) is 24.9. The summed E-state index contributed by atoms with van der Waals surface area (Å²) in [6, 6.07) is -0.892. The molecule has 0 aromatic rings. The number of aliphatic hydroxyl groups excluding tert-OH is 1. The number of quaternary nitrogens is 1. The molecule has 0 spiro atoms. The number of allylic oxidation sites excluding steroid dienone is 27. The van der Waals surface area contributed by atoms with E-state index in [0.29, 0.717) is 17.4 Å². The molecule has 3 N–H and O–H groups in total. The Balaban J connectivity index is 4.23. The number of nitrogens with one attached hydrogen (secondary N) is 1. The topological polar surface area (TPSA) is 105 Å². The maximum atomic E-state index is 13.0. The number of phosphoric acid groups is 1. The standard InChI is InChI=1S/C80H135N2O6P/c1-6-8-10-12-14-16-18-20-22-24-26-28-30-32-34-35-36-37-38-39-40-41-42-43-44-45-46-47-48-50-52-54-56-58-60-62-64-66-68-70-72-74-80(84)81-78(77-88-89(85,86)87-76-75-82(3,4)5)79(83)73-71-69-67-65-63-61-59-57-55-53-51-49-33-31-29-27-25-23-21-19-17-15-13-11-9-7-2/h8,10,14,16,20,22,26,28,32,34,36-37,39-40,42-43,45-46,48,50,54,56,60,62-63,65,71,73,78-79,83H,6-7,9,11-13,15,17-19,21,23-25,27,29-31,33,35,38,41,44,47,49,51-53,55,57-59,61,64,66-70,72,74-77H2,1-5H3,(H-,81,84,85,86)/p+1/b10-8-,16-14-,22-20-,28-26-,34-32-,37-36-,40-39-,43-42-,46-45-,50-48-,56-54-,62-60-,65-63+,73-71+. The summed E-state index contributed by atoms with van der Waals surface area (Å²) in [5, 5.41) is 14.0. The molecule has 3 unspecified atom stereocenters. The molecule has 0 aliphatic rings. The fourth-order valence-electron chi connectivity index (χ4n) is 9.63. The van der Waals surface area contributed by atoms with Gasteiger partial charge in [-0.25, -0.2) is 4.57 Å². The number of nitrogens with zero attached hydrogens (tertiary/aromatic N) is 1. The SMILES string of the molecule is CC/C=C\C/C=C\C/C=C\C/C=C\C/C=C\C/C=C\C/C=C\C/C=C\C/C=C\C/C=C\C/C=C\C/C=C\CCCCCCC(=O)NC(COP(=O)(O)OCC[N+](C)(C)C)C(O)/C=C/CC/C=C/CCCCCCCCCCCCCCCCCCCCCC. The van der Waals surface area contributed by atoms with Crippen LogP contribution in [0.1, 0.15) is 277 Å². The number of likely N-dealkylation sites (N-methyl/N-ethyl adjacent to an activating group) is 1. The molecule has 8 nitrogen and oxygen atoms in total. The van der Waals surface area contributed by atoms with Gasteiger partial charge in [0.2, 0.25) is 5.91 Å². The second-order valence-corrected chi connectivity index (χ2v) is 26.3. The number of unbranched alkanes of at least 4 members (excludes halogenated alkanes) is 25. The molecular weight excluding hydrogens is 1120 g/mol. The molecule has 0 radical (unpaired) electrons. The zero-order valence-electron chi connectivity index (χ0n) is 57.9. The zero-order chi connectivity index (χ0) is 64.8. The highest BCUT2D eigenvalue weighted by Crippen LogP contribution is 2.43. The van der Waals surface area contributed by atoms with Gasteiger partial charge < -0.3 is 19.8 Å². The van der Waals surface area contributed by atoms with Gasteiger partial charge in [0.1, 0.15) is 13.2 Å². The second kappa shape index (κ2) is 68.2. The Hall–Kier alpha value is -4.14. The van der Waals surface area contributed by atoms with Crippen LogP contribution in [-0.4, -0.2) is 73.4 Å². The molecule has 89 heavy (non-hydrogen) atoms. The monoisotopic (exact) mass is 1250 g/mol. The van der Waals surface area contributed by atoms with Crippen molar-refractivity contribution in [3.63, 3.8) is 0 Å². The van der Waals surface area contributed by atoms with Gasteiger partial charge in [-0.05, 0) is 122 Å². The summed E-state index contributed by atoms with van der Waals surface area (Å²) < 4.78 is 23.8. The van der Waals surface area contributed by atoms with E-state index in [1.165, 1.54) is 128 Å². The lowest BCUT2D eigenvalue weighted by atomic mass is 10.0. The van der Waals surface area contributed by atoms with Crippen molar-refractivity contribution in [1.82, 2.24) is 5.32 Å². The summed E-state index contributed by atoms with van der Waals surface area (Å²) in [4.78, 5) is 23.4. The third-order valence-corrected chi connectivity index (χ3v) is 16.2. The van der Waals surface area contributed by atoms with Crippen molar-refractivity contribution in [2.24, 2.45) is 0 Å². The van der Waals surface area contributed by atoms with Crippen LogP contribution in [0, 0.1) is 0 Å². The lowest BCUT2D eigenvalue weighted by molar-refractivity contribution is -0.870. The van der Waals surface area contributed by atoms with Crippen molar-refractivity contribution in [2.75, 3.05) is 40.9 Å². The van der Waals surface area contributed by atoms with Gasteiger partial charge in [-0.1, -0.05) is 319 Å². The summed E-state index contributed by atoms with van der Waals surface area (Å²) in [7, 11) is 1.52. The van der Waals surface area contributed by atoms with E-state index >= 15 is 0 Å². The van der Waals surface area contributed by atoms with E-state index in [-0.39, 0.29) is 19.1 Å². The normalized spacial score (nSPS) is 14.6. The Labute approximate surface area is 549 Å². The molecule has 0 aromatic carbocycles. The smallest absolute Gasteiger partial charge is 0.387 e. The minimum Gasteiger partial charge on any atom is -0.387 e. The van der Waals surface area contributed by atoms with Crippen LogP contribution >= 0.6 is 7.82 Å². The van der Waals surface area contributed by atoms with Gasteiger partial charge in [0.15, 0.2) is 0 Å². The number of hydrogen-bond donors (Lipinski definition) is 3. The van der Waals surface area contributed by atoms with Crippen molar-refractivity contribution in [3.05, 3.63) is 170 Å². The summed E-state index contributed by atoms with van der Waals surface area (Å²) in [6.07, 6.45) is 108. The number of aliphatic hydroxyl groups is 1. The average Bonchev–Trinajstić information content (AvgIpc) is 3.61. The minimum absolute atomic E-state index is 0.0421. The van der Waals surface area contributed by atoms with Gasteiger partial charge in [0, 0.05) is 6.42 Å². The molecule has 1 amide bonds. The van der Waals surface area contributed by atoms with E-state index < -0.39 is 20.0 Å². The molecule has 3 atom stereocenters. The van der Waals surface area contributed by atoms with E-state index in [4.69, 9.17) is 9.05 Å². The highest BCUT2D eigenvalue weighted by atomic mass is 31.2. The van der Waals surface area contributed by atoms with Gasteiger partial charge in [-0.3, -0.25) is 13.8 Å². The maximum absolute atomic E-state index is 13.0. The van der Waals surface area contributed by atoms with Crippen molar-refractivity contribution in [3.8, 4) is 0 Å². The van der Waals surface area contributed by atoms with Crippen LogP contribution in [0.2, 0.25) is 0 Å². The maximum Gasteiger partial charge on any atom is 0.472 e. The van der Waals surface area contributed by atoms with Crippen LogP contribution in [0.3, 0.4) is 0 Å². The Morgan fingerprint density at radius 3 is 1.03 bits per heavy atom. The quantitative estimate of drug-likeness (QED) is 0.0243. The van der Waals surface area contributed by atoms with Gasteiger partial charge in [-0.15, -0.1) is 0 Å². The first-order valence-corrected chi connectivity index (χ1v) is 37.5. The Kier molecular flexibility index (Phi) is 65.1. The summed E-state index contributed by atoms with van der Waals surface area (Å²) in [5.74, 6) is -0.216. The summed E-state index contributed by atoms with van der Waals surface area (Å²) >= 11 is 0. The first-order valence-electron chi connectivity index (χ1n) is 36.0. The fourth-order valence-corrected chi connectivity index (χ4v) is 10.4. The van der Waals surface area contributed by atoms with Crippen molar-refractivity contribution in [1.29, 1.82) is 0 Å². The molecule has 0 saturated carbocycles. The van der Waals surface area contributed by atoms with Crippen LogP contribution in [0.25, 0.3) is 0 Å². The van der Waals surface area contributed by atoms with Gasteiger partial charge in [-0.2, -0.15) is 0 Å². The Morgan fingerprint density at radius 1 is 0.393 bits per heavy atom. The average molecular weight is 1250 g/mol. The van der Waals surface area contributed by atoms with Crippen LogP contribution in [0.5, 0.6) is 0 Å². The highest BCUT2D eigenvalue weighted by Gasteiger charge is 2.28. The number of hydrogen-bond acceptors (Lipinski definition) is 5. The minimum atomic E-state index is -4.38. The van der Waals surface area contributed by atoms with E-state index in [9.17, 15) is 19.4 Å². The molecule has 506 valence electrons. The van der Waals surface area contributed by atoms with Crippen LogP contribution in [0.15, 0.2) is 170 Å². The molecule has 0 aromatic heterocycles. The first kappa shape index (κ1) is 84.9. The largest absolute Gasteiger partial charge is 0.472 e. The molecule has 0 aliphatic heterocycles.